The molecule has 1 aliphatic carbocycles. The van der Waals surface area contributed by atoms with Gasteiger partial charge < -0.3 is 10.4 Å². The van der Waals surface area contributed by atoms with E-state index >= 15 is 0 Å². The van der Waals surface area contributed by atoms with Gasteiger partial charge in [-0.25, -0.2) is 8.78 Å². The summed E-state index contributed by atoms with van der Waals surface area (Å²) in [4.78, 5) is 10.7. The van der Waals surface area contributed by atoms with Crippen LogP contribution in [-0.4, -0.2) is 30.0 Å². The Kier molecular flexibility index (Phi) is 2.98. The van der Waals surface area contributed by atoms with Crippen LogP contribution in [0.3, 0.4) is 0 Å². The predicted molar refractivity (Wildman–Crippen MR) is 42.4 cm³/mol. The third-order valence-corrected chi connectivity index (χ3v) is 1.78. The fourth-order valence-corrected chi connectivity index (χ4v) is 1.03. The van der Waals surface area contributed by atoms with Gasteiger partial charge in [-0.2, -0.15) is 0 Å². The molecule has 0 amide bonds. The highest BCUT2D eigenvalue weighted by Crippen LogP contribution is 2.15. The van der Waals surface area contributed by atoms with Gasteiger partial charge in [-0.15, -0.1) is 0 Å². The number of hydrogen-bond acceptors (Lipinski definition) is 3. The summed E-state index contributed by atoms with van der Waals surface area (Å²) >= 11 is 0. The van der Waals surface area contributed by atoms with Crippen molar-refractivity contribution in [1.82, 2.24) is 5.32 Å². The second-order valence-electron chi connectivity index (χ2n) is 3.00. The van der Waals surface area contributed by atoms with Crippen LogP contribution < -0.4 is 5.32 Å². The minimum atomic E-state index is -3.12. The summed E-state index contributed by atoms with van der Waals surface area (Å²) in [5.41, 5.74) is 0.526. The summed E-state index contributed by atoms with van der Waals surface area (Å²) < 4.78 is 25.0. The van der Waals surface area contributed by atoms with Gasteiger partial charge in [0.2, 0.25) is 0 Å². The Bertz CT molecular complexity index is 238. The van der Waals surface area contributed by atoms with Crippen LogP contribution in [0.4, 0.5) is 8.78 Å². The van der Waals surface area contributed by atoms with Gasteiger partial charge in [-0.1, -0.05) is 0 Å². The molecule has 0 saturated carbocycles. The molecule has 74 valence electrons. The average Bonchev–Trinajstić information content (AvgIpc) is 2.48. The lowest BCUT2D eigenvalue weighted by Crippen LogP contribution is -2.35. The maximum atomic E-state index is 12.5. The van der Waals surface area contributed by atoms with Crippen molar-refractivity contribution in [3.05, 3.63) is 11.8 Å². The maximum absolute atomic E-state index is 12.5. The van der Waals surface area contributed by atoms with E-state index in [4.69, 9.17) is 5.11 Å². The van der Waals surface area contributed by atoms with E-state index in [-0.39, 0.29) is 5.78 Å². The summed E-state index contributed by atoms with van der Waals surface area (Å²) in [6, 6.07) is 0. The SMILES string of the molecule is O=C1C=C(NCC(F)(F)CO)CC1. The standard InChI is InChI=1S/C8H11F2NO2/c9-8(10,5-12)4-11-6-1-2-7(13)3-6/h3,11-12H,1-2,4-5H2. The van der Waals surface area contributed by atoms with E-state index in [0.29, 0.717) is 18.5 Å². The Labute approximate surface area is 74.4 Å². The minimum Gasteiger partial charge on any atom is -0.390 e. The maximum Gasteiger partial charge on any atom is 0.287 e. The molecular formula is C8H11F2NO2. The second kappa shape index (κ2) is 3.83. The number of carbonyl (C=O) groups excluding carboxylic acids is 1. The molecule has 2 N–H and O–H groups in total. The number of nitrogens with one attached hydrogen (secondary N) is 1. The van der Waals surface area contributed by atoms with Crippen molar-refractivity contribution in [3.63, 3.8) is 0 Å². The molecule has 5 heteroatoms. The van der Waals surface area contributed by atoms with E-state index in [9.17, 15) is 13.6 Å². The topological polar surface area (TPSA) is 49.3 Å². The first kappa shape index (κ1) is 10.1. The zero-order valence-electron chi connectivity index (χ0n) is 7.02. The first-order valence-electron chi connectivity index (χ1n) is 3.99. The highest BCUT2D eigenvalue weighted by atomic mass is 19.3. The number of carbonyl (C=O) groups is 1. The third-order valence-electron chi connectivity index (χ3n) is 1.78. The molecule has 0 aromatic carbocycles. The second-order valence-corrected chi connectivity index (χ2v) is 3.00. The summed E-state index contributed by atoms with van der Waals surface area (Å²) in [5, 5.41) is 10.7. The Morgan fingerprint density at radius 3 is 2.69 bits per heavy atom. The van der Waals surface area contributed by atoms with E-state index in [0.717, 1.165) is 0 Å². The molecule has 0 fully saturated rings. The van der Waals surface area contributed by atoms with Crippen LogP contribution >= 0.6 is 0 Å². The molecule has 0 heterocycles. The van der Waals surface area contributed by atoms with Crippen LogP contribution in [0.2, 0.25) is 0 Å². The van der Waals surface area contributed by atoms with E-state index in [1.807, 2.05) is 0 Å². The molecule has 3 nitrogen and oxygen atoms in total. The highest BCUT2D eigenvalue weighted by Gasteiger charge is 2.28. The highest BCUT2D eigenvalue weighted by molar-refractivity contribution is 5.92. The quantitative estimate of drug-likeness (QED) is 0.678. The number of ketones is 1. The monoisotopic (exact) mass is 191 g/mol. The molecule has 0 atom stereocenters. The fourth-order valence-electron chi connectivity index (χ4n) is 1.03. The van der Waals surface area contributed by atoms with E-state index in [2.05, 4.69) is 5.32 Å². The predicted octanol–water partition coefficient (Wildman–Crippen LogP) is 0.450. The summed E-state index contributed by atoms with van der Waals surface area (Å²) in [6.07, 6.45) is 2.20. The van der Waals surface area contributed by atoms with Gasteiger partial charge in [-0.3, -0.25) is 4.79 Å². The first-order valence-corrected chi connectivity index (χ1v) is 3.99. The Balaban J connectivity index is 2.35. The molecule has 0 aromatic rings. The lowest BCUT2D eigenvalue weighted by Gasteiger charge is -2.14. The van der Waals surface area contributed by atoms with Crippen LogP contribution in [-0.2, 0) is 4.79 Å². The third kappa shape index (κ3) is 3.10. The van der Waals surface area contributed by atoms with Crippen molar-refractivity contribution in [1.29, 1.82) is 0 Å². The molecule has 1 rings (SSSR count). The molecule has 1 aliphatic rings. The van der Waals surface area contributed by atoms with Crippen LogP contribution in [0.1, 0.15) is 12.8 Å². The van der Waals surface area contributed by atoms with Gasteiger partial charge in [0.25, 0.3) is 5.92 Å². The van der Waals surface area contributed by atoms with Crippen molar-refractivity contribution in [2.75, 3.05) is 13.2 Å². The average molecular weight is 191 g/mol. The Morgan fingerprint density at radius 2 is 2.23 bits per heavy atom. The summed E-state index contributed by atoms with van der Waals surface area (Å²) in [6.45, 7) is -1.80. The molecule has 0 radical (unpaired) electrons. The number of hydrogen-bond donors (Lipinski definition) is 2. The molecule has 0 aliphatic heterocycles. The van der Waals surface area contributed by atoms with Gasteiger partial charge >= 0.3 is 0 Å². The number of halogens is 2. The van der Waals surface area contributed by atoms with Crippen molar-refractivity contribution in [3.8, 4) is 0 Å². The number of aliphatic hydroxyl groups is 1. The molecule has 0 aromatic heterocycles. The fraction of sp³-hybridized carbons (Fsp3) is 0.625. The number of rotatable bonds is 4. The minimum absolute atomic E-state index is 0.0465. The Hall–Kier alpha value is -0.970. The normalized spacial score (nSPS) is 17.5. The zero-order chi connectivity index (χ0) is 9.90. The van der Waals surface area contributed by atoms with E-state index in [1.165, 1.54) is 6.08 Å². The smallest absolute Gasteiger partial charge is 0.287 e. The number of allylic oxidation sites excluding steroid dienone is 2. The van der Waals surface area contributed by atoms with Gasteiger partial charge in [0.1, 0.15) is 6.61 Å². The van der Waals surface area contributed by atoms with Crippen LogP contribution in [0.5, 0.6) is 0 Å². The van der Waals surface area contributed by atoms with Crippen LogP contribution in [0.15, 0.2) is 11.8 Å². The van der Waals surface area contributed by atoms with Gasteiger partial charge in [0.15, 0.2) is 5.78 Å². The van der Waals surface area contributed by atoms with Crippen molar-refractivity contribution in [2.45, 2.75) is 18.8 Å². The molecule has 0 unspecified atom stereocenters. The van der Waals surface area contributed by atoms with E-state index < -0.39 is 19.1 Å². The lowest BCUT2D eigenvalue weighted by atomic mass is 10.3. The van der Waals surface area contributed by atoms with Crippen molar-refractivity contribution < 1.29 is 18.7 Å². The number of aliphatic hydroxyl groups excluding tert-OH is 1. The molecule has 0 spiro atoms. The van der Waals surface area contributed by atoms with Gasteiger partial charge in [-0.05, 0) is 6.42 Å². The van der Waals surface area contributed by atoms with Crippen molar-refractivity contribution in [2.24, 2.45) is 0 Å². The largest absolute Gasteiger partial charge is 0.390 e. The van der Waals surface area contributed by atoms with Crippen LogP contribution in [0, 0.1) is 0 Å². The summed E-state index contributed by atoms with van der Waals surface area (Å²) in [7, 11) is 0. The number of alkyl halides is 2. The zero-order valence-corrected chi connectivity index (χ0v) is 7.02. The molecule has 0 bridgehead atoms. The lowest BCUT2D eigenvalue weighted by molar-refractivity contribution is -0.114. The van der Waals surface area contributed by atoms with E-state index in [1.54, 1.807) is 0 Å². The van der Waals surface area contributed by atoms with Gasteiger partial charge in [0.05, 0.1) is 6.54 Å². The Morgan fingerprint density at radius 1 is 1.54 bits per heavy atom. The van der Waals surface area contributed by atoms with Crippen LogP contribution in [0.25, 0.3) is 0 Å². The molecule has 0 saturated heterocycles. The first-order chi connectivity index (χ1) is 6.03. The van der Waals surface area contributed by atoms with Crippen molar-refractivity contribution >= 4 is 5.78 Å². The molecule has 13 heavy (non-hydrogen) atoms. The summed E-state index contributed by atoms with van der Waals surface area (Å²) in [5.74, 6) is -3.17. The molecular weight excluding hydrogens is 180 g/mol. The van der Waals surface area contributed by atoms with Gasteiger partial charge in [0, 0.05) is 18.2 Å².